The van der Waals surface area contributed by atoms with E-state index in [4.69, 9.17) is 9.47 Å². The molecule has 0 aliphatic rings. The Balaban J connectivity index is 1.76. The van der Waals surface area contributed by atoms with Crippen molar-refractivity contribution in [3.63, 3.8) is 0 Å². The molecule has 0 aliphatic carbocycles. The predicted octanol–water partition coefficient (Wildman–Crippen LogP) is 8.06. The average molecular weight is 755 g/mol. The molecule has 0 aliphatic heterocycles. The number of Topliss-reactive ketones (excluding diaryl/α,β-unsaturated/α-hetero) is 1. The number of carbonyl (C=O) groups excluding carboxylic acids is 1. The number of benzene rings is 4. The number of rotatable bonds is 16. The first kappa shape index (κ1) is 34.8. The Labute approximate surface area is 288 Å². The van der Waals surface area contributed by atoms with E-state index < -0.39 is 11.8 Å². The molecule has 4 aromatic carbocycles. The third-order valence-corrected chi connectivity index (χ3v) is 8.81. The van der Waals surface area contributed by atoms with Gasteiger partial charge in [0.1, 0.15) is 36.1 Å². The molecule has 0 saturated heterocycles. The van der Waals surface area contributed by atoms with Gasteiger partial charge in [0, 0.05) is 74.7 Å². The Kier molecular flexibility index (Phi) is 12.4. The van der Waals surface area contributed by atoms with Crippen molar-refractivity contribution < 1.29 is 14.3 Å². The normalized spacial score (nSPS) is 12.0. The molecular weight excluding hydrogens is 712 g/mol. The van der Waals surface area contributed by atoms with Crippen LogP contribution in [0.1, 0.15) is 23.0 Å². The number of ether oxygens (including phenoxy) is 2. The molecule has 6 N–H and O–H groups in total. The lowest BCUT2D eigenvalue weighted by atomic mass is 9.84. The number of carbonyl (C=O) groups is 1. The van der Waals surface area contributed by atoms with Crippen molar-refractivity contribution in [2.24, 2.45) is 0 Å². The number of nitrogens with one attached hydrogen (secondary N) is 6. The van der Waals surface area contributed by atoms with Crippen LogP contribution in [0.2, 0.25) is 0 Å². The summed E-state index contributed by atoms with van der Waals surface area (Å²) in [5.74, 6) is 0.0240. The van der Waals surface area contributed by atoms with E-state index in [-0.39, 0.29) is 19.0 Å². The highest BCUT2D eigenvalue weighted by molar-refractivity contribution is 9.10. The minimum atomic E-state index is -0.605. The summed E-state index contributed by atoms with van der Waals surface area (Å²) < 4.78 is 14.8. The van der Waals surface area contributed by atoms with Crippen molar-refractivity contribution in [3.8, 4) is 11.5 Å². The SMILES string of the molecule is CNc1cc(NC)c(NC)c(OCC(C(=O)C(COc2cc(NC)cc(NC)c2NC)c2cccc(Br)c2)c2cccc(Br)c2)c1. The molecule has 11 heteroatoms. The third-order valence-electron chi connectivity index (χ3n) is 7.82. The van der Waals surface area contributed by atoms with Gasteiger partial charge in [-0.15, -0.1) is 0 Å². The van der Waals surface area contributed by atoms with Gasteiger partial charge in [-0.25, -0.2) is 0 Å². The molecule has 0 radical (unpaired) electrons. The number of ketones is 1. The van der Waals surface area contributed by atoms with Crippen LogP contribution in [0.3, 0.4) is 0 Å². The molecule has 9 nitrogen and oxygen atoms in total. The highest BCUT2D eigenvalue weighted by Gasteiger charge is 2.32. The maximum atomic E-state index is 14.8. The van der Waals surface area contributed by atoms with Crippen LogP contribution in [0.25, 0.3) is 0 Å². The Morgan fingerprint density at radius 3 is 1.33 bits per heavy atom. The first-order valence-electron chi connectivity index (χ1n) is 15.0. The van der Waals surface area contributed by atoms with Crippen LogP contribution < -0.4 is 41.4 Å². The fraction of sp³-hybridized carbons (Fsp3) is 0.286. The van der Waals surface area contributed by atoms with E-state index in [9.17, 15) is 4.79 Å². The van der Waals surface area contributed by atoms with Crippen molar-refractivity contribution in [1.82, 2.24) is 0 Å². The highest BCUT2D eigenvalue weighted by Crippen LogP contribution is 2.39. The summed E-state index contributed by atoms with van der Waals surface area (Å²) in [6.45, 7) is 0.234. The van der Waals surface area contributed by atoms with Gasteiger partial charge in [0.05, 0.1) is 23.2 Å². The minimum Gasteiger partial charge on any atom is -0.490 e. The fourth-order valence-electron chi connectivity index (χ4n) is 5.38. The molecule has 244 valence electrons. The van der Waals surface area contributed by atoms with E-state index in [1.54, 1.807) is 0 Å². The summed E-state index contributed by atoms with van der Waals surface area (Å²) in [6.07, 6.45) is 0. The summed E-state index contributed by atoms with van der Waals surface area (Å²) in [6, 6.07) is 23.5. The van der Waals surface area contributed by atoms with Gasteiger partial charge < -0.3 is 41.4 Å². The molecule has 0 saturated carbocycles. The standard InChI is InChI=1S/C35H42Br2N6O3/c1-38-25-15-29(40-3)33(42-5)31(17-25)45-19-27(21-9-7-11-23(36)13-21)35(44)28(22-10-8-12-24(37)14-22)20-46-32-18-26(39-2)16-30(41-4)34(32)43-6/h7-18,27-28,38-43H,19-20H2,1-6H3. The van der Waals surface area contributed by atoms with Gasteiger partial charge in [-0.05, 0) is 47.5 Å². The topological polar surface area (TPSA) is 108 Å². The van der Waals surface area contributed by atoms with Crippen molar-refractivity contribution in [1.29, 1.82) is 0 Å². The average Bonchev–Trinajstić information content (AvgIpc) is 3.07. The number of hydrogen-bond acceptors (Lipinski definition) is 9. The van der Waals surface area contributed by atoms with Crippen LogP contribution >= 0.6 is 31.9 Å². The molecule has 4 rings (SSSR count). The first-order chi connectivity index (χ1) is 22.3. The summed E-state index contributed by atoms with van der Waals surface area (Å²) in [7, 11) is 11.1. The molecule has 2 atom stereocenters. The maximum absolute atomic E-state index is 14.8. The van der Waals surface area contributed by atoms with E-state index in [0.717, 1.165) is 54.2 Å². The summed E-state index contributed by atoms with van der Waals surface area (Å²) in [5.41, 5.74) is 6.81. The Morgan fingerprint density at radius 1 is 0.587 bits per heavy atom. The Morgan fingerprint density at radius 2 is 1.00 bits per heavy atom. The molecule has 0 spiro atoms. The van der Waals surface area contributed by atoms with Gasteiger partial charge in [-0.1, -0.05) is 56.1 Å². The smallest absolute Gasteiger partial charge is 0.154 e. The largest absolute Gasteiger partial charge is 0.490 e. The van der Waals surface area contributed by atoms with Gasteiger partial charge in [0.25, 0.3) is 0 Å². The zero-order valence-corrected chi connectivity index (χ0v) is 30.1. The summed E-state index contributed by atoms with van der Waals surface area (Å²) >= 11 is 7.21. The highest BCUT2D eigenvalue weighted by atomic mass is 79.9. The van der Waals surface area contributed by atoms with Crippen LogP contribution in [-0.4, -0.2) is 61.3 Å². The van der Waals surface area contributed by atoms with Gasteiger partial charge in [0.2, 0.25) is 0 Å². The van der Waals surface area contributed by atoms with Gasteiger partial charge in [-0.3, -0.25) is 4.79 Å². The van der Waals surface area contributed by atoms with Crippen molar-refractivity contribution in [3.05, 3.63) is 92.9 Å². The molecule has 46 heavy (non-hydrogen) atoms. The van der Waals surface area contributed by atoms with Crippen molar-refractivity contribution >= 4 is 71.8 Å². The summed E-state index contributed by atoms with van der Waals surface area (Å²) in [5, 5.41) is 19.3. The first-order valence-corrected chi connectivity index (χ1v) is 16.6. The fourth-order valence-corrected chi connectivity index (χ4v) is 6.21. The van der Waals surface area contributed by atoms with E-state index in [1.807, 2.05) is 115 Å². The third kappa shape index (κ3) is 8.19. The Hall–Kier alpha value is -4.09. The lowest BCUT2D eigenvalue weighted by molar-refractivity contribution is -0.123. The zero-order chi connectivity index (χ0) is 33.2. The maximum Gasteiger partial charge on any atom is 0.154 e. The number of halogens is 2. The van der Waals surface area contributed by atoms with Crippen LogP contribution in [0.5, 0.6) is 11.5 Å². The minimum absolute atomic E-state index is 0.0227. The second-order valence-corrected chi connectivity index (χ2v) is 12.4. The van der Waals surface area contributed by atoms with Crippen molar-refractivity contribution in [2.75, 3.05) is 87.4 Å². The molecular formula is C35H42Br2N6O3. The van der Waals surface area contributed by atoms with Crippen molar-refractivity contribution in [2.45, 2.75) is 11.8 Å². The molecule has 2 unspecified atom stereocenters. The number of hydrogen-bond donors (Lipinski definition) is 6. The molecule has 0 aromatic heterocycles. The second-order valence-electron chi connectivity index (χ2n) is 10.5. The Bertz CT molecular complexity index is 1530. The van der Waals surface area contributed by atoms with E-state index in [1.165, 1.54) is 0 Å². The van der Waals surface area contributed by atoms with Gasteiger partial charge in [-0.2, -0.15) is 0 Å². The lowest BCUT2D eigenvalue weighted by Crippen LogP contribution is -2.29. The van der Waals surface area contributed by atoms with Crippen LogP contribution in [0.4, 0.5) is 34.1 Å². The monoisotopic (exact) mass is 752 g/mol. The second kappa shape index (κ2) is 16.5. The van der Waals surface area contributed by atoms with E-state index in [2.05, 4.69) is 63.8 Å². The molecule has 0 bridgehead atoms. The zero-order valence-electron chi connectivity index (χ0n) is 27.0. The lowest BCUT2D eigenvalue weighted by Gasteiger charge is -2.26. The molecule has 0 fully saturated rings. The van der Waals surface area contributed by atoms with Crippen LogP contribution in [0, 0.1) is 0 Å². The molecule has 4 aromatic rings. The van der Waals surface area contributed by atoms with Crippen LogP contribution in [0.15, 0.2) is 81.7 Å². The van der Waals surface area contributed by atoms with Gasteiger partial charge >= 0.3 is 0 Å². The van der Waals surface area contributed by atoms with Gasteiger partial charge in [0.15, 0.2) is 5.78 Å². The molecule has 0 heterocycles. The predicted molar refractivity (Wildman–Crippen MR) is 200 cm³/mol. The van der Waals surface area contributed by atoms with E-state index in [0.29, 0.717) is 11.5 Å². The summed E-state index contributed by atoms with van der Waals surface area (Å²) in [4.78, 5) is 14.8. The molecule has 0 amide bonds. The quantitative estimate of drug-likeness (QED) is 0.0678. The van der Waals surface area contributed by atoms with Crippen LogP contribution in [-0.2, 0) is 4.79 Å². The number of anilines is 6. The van der Waals surface area contributed by atoms with E-state index >= 15 is 0 Å².